The highest BCUT2D eigenvalue weighted by Crippen LogP contribution is 2.18. The fraction of sp³-hybridized carbons (Fsp3) is 0.625. The Morgan fingerprint density at radius 2 is 2.05 bits per heavy atom. The van der Waals surface area contributed by atoms with E-state index in [1.807, 2.05) is 12.1 Å². The molecule has 19 heavy (non-hydrogen) atoms. The molecule has 3 nitrogen and oxygen atoms in total. The lowest BCUT2D eigenvalue weighted by Crippen LogP contribution is -2.38. The minimum absolute atomic E-state index is 0.281. The molecular weight excluding hydrogens is 236 g/mol. The lowest BCUT2D eigenvalue weighted by Gasteiger charge is -2.30. The molecule has 0 aromatic heterocycles. The first-order valence-electron chi connectivity index (χ1n) is 6.99. The molecule has 0 saturated carbocycles. The molecule has 0 spiro atoms. The molecule has 0 heterocycles. The van der Waals surface area contributed by atoms with Gasteiger partial charge >= 0.3 is 0 Å². The van der Waals surface area contributed by atoms with Gasteiger partial charge in [0.05, 0.1) is 7.11 Å². The zero-order chi connectivity index (χ0) is 14.3. The van der Waals surface area contributed by atoms with Crippen LogP contribution in [0.3, 0.4) is 0 Å². The van der Waals surface area contributed by atoms with Crippen molar-refractivity contribution in [2.75, 3.05) is 33.8 Å². The van der Waals surface area contributed by atoms with Gasteiger partial charge in [-0.3, -0.25) is 0 Å². The molecule has 1 rings (SSSR count). The maximum atomic E-state index is 5.26. The standard InChI is InChI=1S/C16H28N2O/c1-6-17-12-16(2,3)13-18(4)11-14-8-7-9-15(10-14)19-5/h7-10,17H,6,11-13H2,1-5H3. The Hall–Kier alpha value is -1.06. The molecule has 1 N–H and O–H groups in total. The van der Waals surface area contributed by atoms with Crippen LogP contribution < -0.4 is 10.1 Å². The van der Waals surface area contributed by atoms with E-state index < -0.39 is 0 Å². The van der Waals surface area contributed by atoms with Gasteiger partial charge in [-0.2, -0.15) is 0 Å². The Morgan fingerprint density at radius 1 is 1.32 bits per heavy atom. The van der Waals surface area contributed by atoms with Crippen LogP contribution in [0, 0.1) is 5.41 Å². The van der Waals surface area contributed by atoms with E-state index in [1.165, 1.54) is 5.56 Å². The van der Waals surface area contributed by atoms with Gasteiger partial charge in [0.2, 0.25) is 0 Å². The summed E-state index contributed by atoms with van der Waals surface area (Å²) in [6.07, 6.45) is 0. The number of hydrogen-bond acceptors (Lipinski definition) is 3. The number of nitrogens with zero attached hydrogens (tertiary/aromatic N) is 1. The van der Waals surface area contributed by atoms with Gasteiger partial charge in [0.15, 0.2) is 0 Å². The number of ether oxygens (including phenoxy) is 1. The third-order valence-electron chi connectivity index (χ3n) is 3.14. The Labute approximate surface area is 118 Å². The van der Waals surface area contributed by atoms with Crippen LogP contribution in [0.5, 0.6) is 5.75 Å². The number of rotatable bonds is 8. The smallest absolute Gasteiger partial charge is 0.119 e. The van der Waals surface area contributed by atoms with Crippen LogP contribution in [0.15, 0.2) is 24.3 Å². The highest BCUT2D eigenvalue weighted by molar-refractivity contribution is 5.28. The third kappa shape index (κ3) is 6.08. The van der Waals surface area contributed by atoms with E-state index in [0.29, 0.717) is 0 Å². The first-order chi connectivity index (χ1) is 8.96. The van der Waals surface area contributed by atoms with Crippen molar-refractivity contribution >= 4 is 0 Å². The van der Waals surface area contributed by atoms with Crippen LogP contribution in [-0.4, -0.2) is 38.7 Å². The summed E-state index contributed by atoms with van der Waals surface area (Å²) in [6.45, 7) is 10.9. The number of hydrogen-bond donors (Lipinski definition) is 1. The zero-order valence-electron chi connectivity index (χ0n) is 13.0. The summed E-state index contributed by atoms with van der Waals surface area (Å²) in [5.74, 6) is 0.929. The lowest BCUT2D eigenvalue weighted by atomic mass is 9.92. The van der Waals surface area contributed by atoms with Crippen LogP contribution in [0.2, 0.25) is 0 Å². The topological polar surface area (TPSA) is 24.5 Å². The van der Waals surface area contributed by atoms with Gasteiger partial charge in [0.1, 0.15) is 5.75 Å². The van der Waals surface area contributed by atoms with Gasteiger partial charge in [0, 0.05) is 19.6 Å². The second-order valence-corrected chi connectivity index (χ2v) is 5.97. The van der Waals surface area contributed by atoms with Gasteiger partial charge in [-0.25, -0.2) is 0 Å². The molecule has 0 fully saturated rings. The summed E-state index contributed by atoms with van der Waals surface area (Å²) in [6, 6.07) is 8.29. The molecule has 1 aromatic carbocycles. The molecule has 0 radical (unpaired) electrons. The van der Waals surface area contributed by atoms with Crippen LogP contribution in [0.25, 0.3) is 0 Å². The fourth-order valence-electron chi connectivity index (χ4n) is 2.39. The molecular formula is C16H28N2O. The van der Waals surface area contributed by atoms with Crippen molar-refractivity contribution in [2.24, 2.45) is 5.41 Å². The maximum absolute atomic E-state index is 5.26. The summed E-state index contributed by atoms with van der Waals surface area (Å²) >= 11 is 0. The van der Waals surface area contributed by atoms with E-state index in [9.17, 15) is 0 Å². The molecule has 1 aromatic rings. The molecule has 0 unspecified atom stereocenters. The van der Waals surface area contributed by atoms with Crippen molar-refractivity contribution in [3.8, 4) is 5.75 Å². The molecule has 0 aliphatic rings. The minimum Gasteiger partial charge on any atom is -0.497 e. The van der Waals surface area contributed by atoms with E-state index in [4.69, 9.17) is 4.74 Å². The highest BCUT2D eigenvalue weighted by Gasteiger charge is 2.19. The van der Waals surface area contributed by atoms with E-state index >= 15 is 0 Å². The summed E-state index contributed by atoms with van der Waals surface area (Å²) in [5, 5.41) is 3.43. The monoisotopic (exact) mass is 264 g/mol. The van der Waals surface area contributed by atoms with Gasteiger partial charge in [0.25, 0.3) is 0 Å². The van der Waals surface area contributed by atoms with Gasteiger partial charge in [-0.05, 0) is 36.7 Å². The molecule has 0 aliphatic carbocycles. The average molecular weight is 264 g/mol. The predicted molar refractivity (Wildman–Crippen MR) is 81.7 cm³/mol. The SMILES string of the molecule is CCNCC(C)(C)CN(C)Cc1cccc(OC)c1. The molecule has 108 valence electrons. The molecule has 0 amide bonds. The fourth-order valence-corrected chi connectivity index (χ4v) is 2.39. The number of nitrogens with one attached hydrogen (secondary N) is 1. The van der Waals surface area contributed by atoms with E-state index in [2.05, 4.69) is 50.2 Å². The molecule has 0 aliphatic heterocycles. The largest absolute Gasteiger partial charge is 0.497 e. The first-order valence-corrected chi connectivity index (χ1v) is 6.99. The third-order valence-corrected chi connectivity index (χ3v) is 3.14. The van der Waals surface area contributed by atoms with Crippen LogP contribution in [0.1, 0.15) is 26.3 Å². The van der Waals surface area contributed by atoms with Crippen molar-refractivity contribution in [2.45, 2.75) is 27.3 Å². The zero-order valence-corrected chi connectivity index (χ0v) is 13.0. The summed E-state index contributed by atoms with van der Waals surface area (Å²) in [4.78, 5) is 2.37. The van der Waals surface area contributed by atoms with E-state index in [-0.39, 0.29) is 5.41 Å². The van der Waals surface area contributed by atoms with Gasteiger partial charge in [-0.1, -0.05) is 32.9 Å². The first kappa shape index (κ1) is 16.0. The quantitative estimate of drug-likeness (QED) is 0.781. The lowest BCUT2D eigenvalue weighted by molar-refractivity contribution is 0.199. The average Bonchev–Trinajstić information content (AvgIpc) is 2.36. The predicted octanol–water partition coefficient (Wildman–Crippen LogP) is 2.76. The van der Waals surface area contributed by atoms with Crippen LogP contribution >= 0.6 is 0 Å². The van der Waals surface area contributed by atoms with Crippen molar-refractivity contribution in [3.05, 3.63) is 29.8 Å². The van der Waals surface area contributed by atoms with Crippen molar-refractivity contribution < 1.29 is 4.74 Å². The Morgan fingerprint density at radius 3 is 2.68 bits per heavy atom. The van der Waals surface area contributed by atoms with Gasteiger partial charge in [-0.15, -0.1) is 0 Å². The van der Waals surface area contributed by atoms with Crippen molar-refractivity contribution in [3.63, 3.8) is 0 Å². The molecule has 0 saturated heterocycles. The summed E-state index contributed by atoms with van der Waals surface area (Å²) in [5.41, 5.74) is 1.57. The highest BCUT2D eigenvalue weighted by atomic mass is 16.5. The second kappa shape index (κ2) is 7.51. The van der Waals surface area contributed by atoms with Crippen molar-refractivity contribution in [1.82, 2.24) is 10.2 Å². The Kier molecular flexibility index (Phi) is 6.32. The second-order valence-electron chi connectivity index (χ2n) is 5.97. The summed E-state index contributed by atoms with van der Waals surface area (Å²) in [7, 11) is 3.88. The summed E-state index contributed by atoms with van der Waals surface area (Å²) < 4.78 is 5.26. The normalized spacial score (nSPS) is 11.9. The molecule has 3 heteroatoms. The van der Waals surface area contributed by atoms with E-state index in [0.717, 1.165) is 31.9 Å². The maximum Gasteiger partial charge on any atom is 0.119 e. The Balaban J connectivity index is 2.51. The van der Waals surface area contributed by atoms with Crippen LogP contribution in [-0.2, 0) is 6.54 Å². The van der Waals surface area contributed by atoms with Crippen LogP contribution in [0.4, 0.5) is 0 Å². The van der Waals surface area contributed by atoms with E-state index in [1.54, 1.807) is 7.11 Å². The molecule has 0 atom stereocenters. The minimum atomic E-state index is 0.281. The van der Waals surface area contributed by atoms with Crippen molar-refractivity contribution in [1.29, 1.82) is 0 Å². The number of methoxy groups -OCH3 is 1. The molecule has 0 bridgehead atoms. The Bertz CT molecular complexity index is 377. The number of benzene rings is 1. The van der Waals surface area contributed by atoms with Gasteiger partial charge < -0.3 is 15.0 Å².